The van der Waals surface area contributed by atoms with E-state index >= 15 is 0 Å². The van der Waals surface area contributed by atoms with Crippen LogP contribution in [0, 0.1) is 11.3 Å². The van der Waals surface area contributed by atoms with Gasteiger partial charge in [0.1, 0.15) is 4.88 Å². The van der Waals surface area contributed by atoms with E-state index in [2.05, 4.69) is 30.7 Å². The molecule has 1 aliphatic rings. The molecule has 1 aromatic heterocycles. The fourth-order valence-corrected chi connectivity index (χ4v) is 3.77. The van der Waals surface area contributed by atoms with Gasteiger partial charge in [-0.3, -0.25) is 0 Å². The molecule has 5 nitrogen and oxygen atoms in total. The molecular formula is C15H24N2O3S. The SMILES string of the molecule is COCc1nc(N2CCC(C(C)(C)C)CC2)sc1C(=O)O. The van der Waals surface area contributed by atoms with Gasteiger partial charge in [-0.25, -0.2) is 9.78 Å². The van der Waals surface area contributed by atoms with Crippen LogP contribution in [0.15, 0.2) is 0 Å². The lowest BCUT2D eigenvalue weighted by atomic mass is 9.75. The molecule has 1 aliphatic heterocycles. The van der Waals surface area contributed by atoms with Crippen molar-refractivity contribution in [2.75, 3.05) is 25.1 Å². The van der Waals surface area contributed by atoms with Crippen LogP contribution < -0.4 is 4.90 Å². The number of piperidine rings is 1. The predicted octanol–water partition coefficient (Wildman–Crippen LogP) is 3.25. The predicted molar refractivity (Wildman–Crippen MR) is 84.2 cm³/mol. The summed E-state index contributed by atoms with van der Waals surface area (Å²) in [6.45, 7) is 9.00. The Morgan fingerprint density at radius 2 is 2.05 bits per heavy atom. The van der Waals surface area contributed by atoms with Crippen LogP contribution in [0.4, 0.5) is 5.13 Å². The Bertz CT molecular complexity index is 500. The summed E-state index contributed by atoms with van der Waals surface area (Å²) in [6.07, 6.45) is 2.26. The van der Waals surface area contributed by atoms with Gasteiger partial charge >= 0.3 is 5.97 Å². The van der Waals surface area contributed by atoms with Crippen LogP contribution in [0.2, 0.25) is 0 Å². The molecule has 0 spiro atoms. The van der Waals surface area contributed by atoms with Gasteiger partial charge < -0.3 is 14.7 Å². The lowest BCUT2D eigenvalue weighted by Crippen LogP contribution is -2.38. The van der Waals surface area contributed by atoms with E-state index in [4.69, 9.17) is 4.74 Å². The number of anilines is 1. The largest absolute Gasteiger partial charge is 0.477 e. The highest BCUT2D eigenvalue weighted by Gasteiger charge is 2.30. The number of ether oxygens (including phenoxy) is 1. The Morgan fingerprint density at radius 3 is 2.52 bits per heavy atom. The second-order valence-electron chi connectivity index (χ2n) is 6.64. The minimum Gasteiger partial charge on any atom is -0.477 e. The molecule has 0 amide bonds. The first kappa shape index (κ1) is 16.2. The second kappa shape index (κ2) is 6.32. The van der Waals surface area contributed by atoms with E-state index in [9.17, 15) is 9.90 Å². The number of methoxy groups -OCH3 is 1. The Morgan fingerprint density at radius 1 is 1.43 bits per heavy atom. The summed E-state index contributed by atoms with van der Waals surface area (Å²) in [5.41, 5.74) is 0.866. The molecule has 0 aromatic carbocycles. The van der Waals surface area contributed by atoms with Gasteiger partial charge in [-0.05, 0) is 24.2 Å². The van der Waals surface area contributed by atoms with Crippen molar-refractivity contribution in [3.8, 4) is 0 Å². The van der Waals surface area contributed by atoms with Crippen LogP contribution in [0.1, 0.15) is 49.0 Å². The highest BCUT2D eigenvalue weighted by Crippen LogP contribution is 2.37. The molecule has 2 heterocycles. The average molecular weight is 312 g/mol. The maximum absolute atomic E-state index is 11.3. The van der Waals surface area contributed by atoms with Gasteiger partial charge in [0.15, 0.2) is 5.13 Å². The number of carboxylic acids is 1. The molecule has 0 bridgehead atoms. The van der Waals surface area contributed by atoms with Crippen molar-refractivity contribution in [2.24, 2.45) is 11.3 Å². The molecule has 1 fully saturated rings. The van der Waals surface area contributed by atoms with E-state index in [1.807, 2.05) is 0 Å². The van der Waals surface area contributed by atoms with Crippen molar-refractivity contribution < 1.29 is 14.6 Å². The Balaban J connectivity index is 2.10. The third-order valence-electron chi connectivity index (χ3n) is 4.15. The van der Waals surface area contributed by atoms with Crippen molar-refractivity contribution in [3.63, 3.8) is 0 Å². The lowest BCUT2D eigenvalue weighted by Gasteiger charge is -2.38. The first-order chi connectivity index (χ1) is 9.82. The Hall–Kier alpha value is -1.14. The van der Waals surface area contributed by atoms with E-state index in [-0.39, 0.29) is 6.61 Å². The number of carbonyl (C=O) groups is 1. The molecule has 21 heavy (non-hydrogen) atoms. The van der Waals surface area contributed by atoms with E-state index in [0.717, 1.165) is 31.1 Å². The quantitative estimate of drug-likeness (QED) is 0.924. The number of hydrogen-bond donors (Lipinski definition) is 1. The molecule has 0 radical (unpaired) electrons. The summed E-state index contributed by atoms with van der Waals surface area (Å²) >= 11 is 1.26. The third-order valence-corrected chi connectivity index (χ3v) is 5.30. The van der Waals surface area contributed by atoms with Gasteiger partial charge in [-0.1, -0.05) is 32.1 Å². The number of hydrogen-bond acceptors (Lipinski definition) is 5. The molecule has 1 saturated heterocycles. The van der Waals surface area contributed by atoms with Gasteiger partial charge in [-0.2, -0.15) is 0 Å². The van der Waals surface area contributed by atoms with Crippen molar-refractivity contribution in [1.82, 2.24) is 4.98 Å². The third kappa shape index (κ3) is 3.74. The highest BCUT2D eigenvalue weighted by atomic mass is 32.1. The fourth-order valence-electron chi connectivity index (χ4n) is 2.81. The fraction of sp³-hybridized carbons (Fsp3) is 0.733. The van der Waals surface area contributed by atoms with Gasteiger partial charge in [0.05, 0.1) is 12.3 Å². The van der Waals surface area contributed by atoms with Gasteiger partial charge in [0.2, 0.25) is 0 Å². The van der Waals surface area contributed by atoms with E-state index in [1.165, 1.54) is 11.3 Å². The first-order valence-electron chi connectivity index (χ1n) is 7.29. The van der Waals surface area contributed by atoms with E-state index in [0.29, 0.717) is 21.9 Å². The number of aromatic carboxylic acids is 1. The molecule has 118 valence electrons. The van der Waals surface area contributed by atoms with Crippen LogP contribution >= 0.6 is 11.3 Å². The average Bonchev–Trinajstić information content (AvgIpc) is 2.82. The summed E-state index contributed by atoms with van der Waals surface area (Å²) in [5, 5.41) is 10.1. The molecule has 0 unspecified atom stereocenters. The van der Waals surface area contributed by atoms with Crippen LogP contribution in [0.5, 0.6) is 0 Å². The zero-order valence-corrected chi connectivity index (χ0v) is 14.0. The monoisotopic (exact) mass is 312 g/mol. The molecule has 0 aliphatic carbocycles. The number of rotatable bonds is 4. The van der Waals surface area contributed by atoms with Crippen molar-refractivity contribution >= 4 is 22.4 Å². The molecule has 1 aromatic rings. The van der Waals surface area contributed by atoms with Gasteiger partial charge in [0, 0.05) is 20.2 Å². The van der Waals surface area contributed by atoms with Crippen LogP contribution in [-0.4, -0.2) is 36.3 Å². The standard InChI is InChI=1S/C15H24N2O3S/c1-15(2,3)10-5-7-17(8-6-10)14-16-11(9-20-4)12(21-14)13(18)19/h10H,5-9H2,1-4H3,(H,18,19). The highest BCUT2D eigenvalue weighted by molar-refractivity contribution is 7.17. The summed E-state index contributed by atoms with van der Waals surface area (Å²) in [7, 11) is 1.56. The maximum Gasteiger partial charge on any atom is 0.347 e. The lowest BCUT2D eigenvalue weighted by molar-refractivity contribution is 0.0697. The van der Waals surface area contributed by atoms with Crippen molar-refractivity contribution in [3.05, 3.63) is 10.6 Å². The van der Waals surface area contributed by atoms with Crippen LogP contribution in [0.3, 0.4) is 0 Å². The number of thiazole rings is 1. The molecule has 2 rings (SSSR count). The Kier molecular flexibility index (Phi) is 4.88. The maximum atomic E-state index is 11.3. The first-order valence-corrected chi connectivity index (χ1v) is 8.11. The van der Waals surface area contributed by atoms with E-state index < -0.39 is 5.97 Å². The number of aromatic nitrogens is 1. The van der Waals surface area contributed by atoms with E-state index in [1.54, 1.807) is 7.11 Å². The summed E-state index contributed by atoms with van der Waals surface area (Å²) in [4.78, 5) is 18.2. The minimum absolute atomic E-state index is 0.247. The van der Waals surface area contributed by atoms with Crippen molar-refractivity contribution in [2.45, 2.75) is 40.2 Å². The molecule has 0 atom stereocenters. The molecule has 1 N–H and O–H groups in total. The smallest absolute Gasteiger partial charge is 0.347 e. The molecule has 6 heteroatoms. The Labute approximate surface area is 129 Å². The second-order valence-corrected chi connectivity index (χ2v) is 7.62. The summed E-state index contributed by atoms with van der Waals surface area (Å²) in [5.74, 6) is -0.207. The van der Waals surface area contributed by atoms with Gasteiger partial charge in [0.25, 0.3) is 0 Å². The molecule has 0 saturated carbocycles. The van der Waals surface area contributed by atoms with Crippen LogP contribution in [0.25, 0.3) is 0 Å². The topological polar surface area (TPSA) is 62.7 Å². The zero-order chi connectivity index (χ0) is 15.6. The summed E-state index contributed by atoms with van der Waals surface area (Å²) in [6, 6.07) is 0. The molecular weight excluding hydrogens is 288 g/mol. The minimum atomic E-state index is -0.921. The summed E-state index contributed by atoms with van der Waals surface area (Å²) < 4.78 is 5.04. The van der Waals surface area contributed by atoms with Crippen molar-refractivity contribution in [1.29, 1.82) is 0 Å². The van der Waals surface area contributed by atoms with Crippen LogP contribution in [-0.2, 0) is 11.3 Å². The number of nitrogens with zero attached hydrogens (tertiary/aromatic N) is 2. The zero-order valence-electron chi connectivity index (χ0n) is 13.2. The number of carboxylic acid groups (broad SMARTS) is 1. The normalized spacial score (nSPS) is 17.2. The van der Waals surface area contributed by atoms with Gasteiger partial charge in [-0.15, -0.1) is 0 Å².